The summed E-state index contributed by atoms with van der Waals surface area (Å²) in [6.45, 7) is 3.63. The van der Waals surface area contributed by atoms with Crippen LogP contribution in [0, 0.1) is 5.41 Å². The van der Waals surface area contributed by atoms with Crippen LogP contribution in [-0.4, -0.2) is 53.1 Å². The number of nitrogens with one attached hydrogen (secondary N) is 1. The smallest absolute Gasteiger partial charge is 0.260 e. The van der Waals surface area contributed by atoms with E-state index >= 15 is 0 Å². The van der Waals surface area contributed by atoms with Gasteiger partial charge in [-0.2, -0.15) is 5.06 Å². The summed E-state index contributed by atoms with van der Waals surface area (Å²) in [6.07, 6.45) is 5.29. The molecule has 1 aromatic rings. The fraction of sp³-hybridized carbons (Fsp3) is 0.562. The lowest BCUT2D eigenvalue weighted by atomic mass is 9.77. The van der Waals surface area contributed by atoms with Crippen LogP contribution in [0.25, 0.3) is 0 Å². The van der Waals surface area contributed by atoms with E-state index in [1.165, 1.54) is 7.11 Å². The highest BCUT2D eigenvalue weighted by atomic mass is 16.7. The molecule has 3 heterocycles. The number of likely N-dealkylation sites (tertiary alicyclic amines) is 1. The Labute approximate surface area is 135 Å². The van der Waals surface area contributed by atoms with Gasteiger partial charge in [0.1, 0.15) is 0 Å². The number of anilines is 1. The fourth-order valence-electron chi connectivity index (χ4n) is 3.46. The molecule has 0 saturated carbocycles. The van der Waals surface area contributed by atoms with E-state index in [0.29, 0.717) is 12.8 Å². The molecule has 0 radical (unpaired) electrons. The lowest BCUT2D eigenvalue weighted by Gasteiger charge is -2.40. The van der Waals surface area contributed by atoms with E-state index in [9.17, 15) is 9.59 Å². The van der Waals surface area contributed by atoms with Gasteiger partial charge in [0.15, 0.2) is 0 Å². The van der Waals surface area contributed by atoms with Crippen LogP contribution in [-0.2, 0) is 14.4 Å². The molecule has 2 aliphatic rings. The number of amides is 2. The summed E-state index contributed by atoms with van der Waals surface area (Å²) in [7, 11) is 1.36. The number of pyridine rings is 1. The van der Waals surface area contributed by atoms with Gasteiger partial charge in [0.25, 0.3) is 11.8 Å². The minimum absolute atomic E-state index is 0.141. The molecular weight excluding hydrogens is 296 g/mol. The van der Waals surface area contributed by atoms with Crippen LogP contribution in [0.5, 0.6) is 0 Å². The van der Waals surface area contributed by atoms with Crippen LogP contribution < -0.4 is 5.32 Å². The Morgan fingerprint density at radius 1 is 1.35 bits per heavy atom. The summed E-state index contributed by atoms with van der Waals surface area (Å²) in [5.74, 6) is -0.412. The molecule has 2 amide bonds. The number of hydrogen-bond acceptors (Lipinski definition) is 6. The van der Waals surface area contributed by atoms with E-state index in [-0.39, 0.29) is 24.4 Å². The second-order valence-corrected chi connectivity index (χ2v) is 6.23. The van der Waals surface area contributed by atoms with Gasteiger partial charge >= 0.3 is 0 Å². The molecule has 124 valence electrons. The molecule has 1 aromatic heterocycles. The van der Waals surface area contributed by atoms with Crippen molar-refractivity contribution < 1.29 is 14.4 Å². The fourth-order valence-corrected chi connectivity index (χ4v) is 3.46. The van der Waals surface area contributed by atoms with E-state index in [4.69, 9.17) is 4.84 Å². The topological polar surface area (TPSA) is 74.8 Å². The first kappa shape index (κ1) is 15.9. The summed E-state index contributed by atoms with van der Waals surface area (Å²) in [5, 5.41) is 4.33. The summed E-state index contributed by atoms with van der Waals surface area (Å²) in [4.78, 5) is 35.6. The van der Waals surface area contributed by atoms with Crippen LogP contribution in [0.2, 0.25) is 0 Å². The van der Waals surface area contributed by atoms with Crippen molar-refractivity contribution in [2.75, 3.05) is 25.5 Å². The van der Waals surface area contributed by atoms with Crippen molar-refractivity contribution in [3.05, 3.63) is 24.5 Å². The normalized spacial score (nSPS) is 22.6. The van der Waals surface area contributed by atoms with Crippen molar-refractivity contribution in [3.8, 4) is 0 Å². The zero-order valence-electron chi connectivity index (χ0n) is 13.5. The number of carbonyl (C=O) groups excluding carboxylic acids is 2. The average molecular weight is 318 g/mol. The Morgan fingerprint density at radius 2 is 2.09 bits per heavy atom. The molecule has 1 atom stereocenters. The van der Waals surface area contributed by atoms with Crippen LogP contribution in [0.15, 0.2) is 24.5 Å². The minimum Gasteiger partial charge on any atom is -0.369 e. The molecule has 7 heteroatoms. The van der Waals surface area contributed by atoms with Crippen LogP contribution in [0.4, 0.5) is 5.69 Å². The zero-order valence-corrected chi connectivity index (χ0v) is 13.5. The number of imide groups is 1. The van der Waals surface area contributed by atoms with Crippen molar-refractivity contribution in [2.24, 2.45) is 5.41 Å². The van der Waals surface area contributed by atoms with Crippen LogP contribution >= 0.6 is 0 Å². The van der Waals surface area contributed by atoms with E-state index < -0.39 is 5.41 Å². The number of carbonyl (C=O) groups is 2. The second-order valence-electron chi connectivity index (χ2n) is 6.23. The van der Waals surface area contributed by atoms with Gasteiger partial charge in [-0.25, -0.2) is 0 Å². The monoisotopic (exact) mass is 318 g/mol. The van der Waals surface area contributed by atoms with Crippen molar-refractivity contribution >= 4 is 17.5 Å². The maximum absolute atomic E-state index is 12.4. The van der Waals surface area contributed by atoms with Gasteiger partial charge in [0.2, 0.25) is 0 Å². The molecule has 2 saturated heterocycles. The van der Waals surface area contributed by atoms with Gasteiger partial charge in [-0.15, -0.1) is 0 Å². The number of nitrogens with zero attached hydrogens (tertiary/aromatic N) is 3. The Bertz CT molecular complexity index is 584. The van der Waals surface area contributed by atoms with Gasteiger partial charge in [-0.1, -0.05) is 0 Å². The molecule has 1 unspecified atom stereocenters. The Morgan fingerprint density at radius 3 is 2.65 bits per heavy atom. The molecule has 0 bridgehead atoms. The van der Waals surface area contributed by atoms with E-state index in [2.05, 4.69) is 22.1 Å². The quantitative estimate of drug-likeness (QED) is 0.842. The maximum atomic E-state index is 12.4. The first-order valence-electron chi connectivity index (χ1n) is 7.88. The van der Waals surface area contributed by atoms with Crippen molar-refractivity contribution in [2.45, 2.75) is 32.4 Å². The lowest BCUT2D eigenvalue weighted by molar-refractivity contribution is -0.183. The third kappa shape index (κ3) is 2.94. The van der Waals surface area contributed by atoms with Gasteiger partial charge in [0.05, 0.1) is 24.4 Å². The molecule has 23 heavy (non-hydrogen) atoms. The maximum Gasteiger partial charge on any atom is 0.260 e. The van der Waals surface area contributed by atoms with Gasteiger partial charge in [-0.3, -0.25) is 24.3 Å². The molecule has 2 aliphatic heterocycles. The van der Waals surface area contributed by atoms with E-state index in [1.807, 2.05) is 12.1 Å². The number of aromatic nitrogens is 1. The standard InChI is InChI=1S/C16H22N4O3/c1-12(18-13-4-3-7-17-11-13)19-8-5-16(6-9-19)10-14(21)20(23-2)15(16)22/h3-4,7,11-12,18H,5-6,8-10H2,1-2H3. The first-order chi connectivity index (χ1) is 11.1. The highest BCUT2D eigenvalue weighted by molar-refractivity contribution is 6.04. The predicted molar refractivity (Wildman–Crippen MR) is 84.0 cm³/mol. The second kappa shape index (κ2) is 6.25. The van der Waals surface area contributed by atoms with Crippen molar-refractivity contribution in [3.63, 3.8) is 0 Å². The minimum atomic E-state index is -0.572. The summed E-state index contributed by atoms with van der Waals surface area (Å²) in [5.41, 5.74) is 0.399. The van der Waals surface area contributed by atoms with Gasteiger partial charge in [-0.05, 0) is 31.9 Å². The molecule has 2 fully saturated rings. The van der Waals surface area contributed by atoms with Crippen molar-refractivity contribution in [1.29, 1.82) is 0 Å². The molecule has 7 nitrogen and oxygen atoms in total. The molecule has 0 aromatic carbocycles. The third-order valence-electron chi connectivity index (χ3n) is 4.88. The summed E-state index contributed by atoms with van der Waals surface area (Å²) >= 11 is 0. The highest BCUT2D eigenvalue weighted by Crippen LogP contribution is 2.42. The van der Waals surface area contributed by atoms with Crippen LogP contribution in [0.3, 0.4) is 0 Å². The van der Waals surface area contributed by atoms with E-state index in [1.54, 1.807) is 12.4 Å². The Hall–Kier alpha value is -1.99. The summed E-state index contributed by atoms with van der Waals surface area (Å²) < 4.78 is 0. The average Bonchev–Trinajstić information content (AvgIpc) is 2.79. The first-order valence-corrected chi connectivity index (χ1v) is 7.88. The predicted octanol–water partition coefficient (Wildman–Crippen LogP) is 1.24. The highest BCUT2D eigenvalue weighted by Gasteiger charge is 2.53. The Balaban J connectivity index is 1.60. The van der Waals surface area contributed by atoms with Crippen molar-refractivity contribution in [1.82, 2.24) is 14.9 Å². The Kier molecular flexibility index (Phi) is 4.32. The van der Waals surface area contributed by atoms with Gasteiger partial charge in [0, 0.05) is 31.9 Å². The summed E-state index contributed by atoms with van der Waals surface area (Å²) in [6, 6.07) is 3.87. The molecule has 0 aliphatic carbocycles. The lowest BCUT2D eigenvalue weighted by Crippen LogP contribution is -2.49. The molecule has 1 N–H and O–H groups in total. The number of rotatable bonds is 4. The number of hydrogen-bond donors (Lipinski definition) is 1. The molecular formula is C16H22N4O3. The molecule has 3 rings (SSSR count). The van der Waals surface area contributed by atoms with Crippen LogP contribution in [0.1, 0.15) is 26.2 Å². The molecule has 1 spiro atoms. The number of piperidine rings is 1. The third-order valence-corrected chi connectivity index (χ3v) is 4.88. The number of hydroxylamine groups is 2. The largest absolute Gasteiger partial charge is 0.369 e. The van der Waals surface area contributed by atoms with Gasteiger partial charge < -0.3 is 5.32 Å². The SMILES string of the molecule is CON1C(=O)CC2(CCN(C(C)Nc3cccnc3)CC2)C1=O. The van der Waals surface area contributed by atoms with E-state index in [0.717, 1.165) is 23.8 Å². The zero-order chi connectivity index (χ0) is 16.4.